The van der Waals surface area contributed by atoms with E-state index in [0.29, 0.717) is 13.2 Å². The molecule has 2 N–H and O–H groups in total. The van der Waals surface area contributed by atoms with Gasteiger partial charge >= 0.3 is 0 Å². The van der Waals surface area contributed by atoms with Gasteiger partial charge in [0.2, 0.25) is 0 Å². The third-order valence-electron chi connectivity index (χ3n) is 4.09. The molecule has 0 amide bonds. The number of para-hydroxylation sites is 1. The van der Waals surface area contributed by atoms with Crippen LogP contribution in [0.15, 0.2) is 53.5 Å². The lowest BCUT2D eigenvalue weighted by Crippen LogP contribution is -2.40. The molecule has 2 aromatic carbocycles. The van der Waals surface area contributed by atoms with Crippen LogP contribution in [0.5, 0.6) is 11.5 Å². The average Bonchev–Trinajstić information content (AvgIpc) is 3.12. The normalized spacial score (nSPS) is 12.6. The quantitative estimate of drug-likeness (QED) is 0.285. The molecule has 5 nitrogen and oxygen atoms in total. The summed E-state index contributed by atoms with van der Waals surface area (Å²) in [6.07, 6.45) is 1.97. The van der Waals surface area contributed by atoms with Crippen LogP contribution in [0.2, 0.25) is 0 Å². The van der Waals surface area contributed by atoms with Gasteiger partial charge in [0.05, 0.1) is 13.2 Å². The second kappa shape index (κ2) is 10.9. The Morgan fingerprint density at radius 1 is 1.12 bits per heavy atom. The van der Waals surface area contributed by atoms with Gasteiger partial charge < -0.3 is 20.1 Å². The molecule has 0 saturated carbocycles. The zero-order valence-electron chi connectivity index (χ0n) is 15.0. The van der Waals surface area contributed by atoms with E-state index in [1.807, 2.05) is 30.3 Å². The van der Waals surface area contributed by atoms with Gasteiger partial charge in [-0.05, 0) is 35.7 Å². The van der Waals surface area contributed by atoms with Crippen LogP contribution in [-0.4, -0.2) is 39.3 Å². The first-order valence-corrected chi connectivity index (χ1v) is 8.72. The standard InChI is InChI=1S/C20H25N3O2.HI/c1-21-20(23-12-14-24-18-5-3-2-4-6-18)22-11-9-16-7-8-19-17(15-16)10-13-25-19;/h2-8,15H,9-14H2,1H3,(H2,21,22,23);1H. The van der Waals surface area contributed by atoms with Gasteiger partial charge in [0.15, 0.2) is 5.96 Å². The minimum absolute atomic E-state index is 0. The number of ether oxygens (including phenoxy) is 2. The Balaban J connectivity index is 0.00000243. The van der Waals surface area contributed by atoms with Gasteiger partial charge in [-0.15, -0.1) is 24.0 Å². The Kier molecular flexibility index (Phi) is 8.53. The van der Waals surface area contributed by atoms with E-state index < -0.39 is 0 Å². The molecule has 0 saturated heterocycles. The van der Waals surface area contributed by atoms with Crippen LogP contribution in [-0.2, 0) is 12.8 Å². The van der Waals surface area contributed by atoms with Crippen LogP contribution < -0.4 is 20.1 Å². The second-order valence-corrected chi connectivity index (χ2v) is 5.88. The fourth-order valence-electron chi connectivity index (χ4n) is 2.80. The molecule has 0 unspecified atom stereocenters. The van der Waals surface area contributed by atoms with Crippen molar-refractivity contribution in [1.82, 2.24) is 10.6 Å². The number of nitrogens with one attached hydrogen (secondary N) is 2. The Morgan fingerprint density at radius 3 is 2.73 bits per heavy atom. The minimum Gasteiger partial charge on any atom is -0.493 e. The highest BCUT2D eigenvalue weighted by Crippen LogP contribution is 2.25. The molecule has 2 aromatic rings. The summed E-state index contributed by atoms with van der Waals surface area (Å²) >= 11 is 0. The number of hydrogen-bond donors (Lipinski definition) is 2. The third-order valence-corrected chi connectivity index (χ3v) is 4.09. The van der Waals surface area contributed by atoms with Crippen LogP contribution >= 0.6 is 24.0 Å². The number of guanidine groups is 1. The highest BCUT2D eigenvalue weighted by Gasteiger charge is 2.11. The van der Waals surface area contributed by atoms with E-state index in [9.17, 15) is 0 Å². The Bertz CT molecular complexity index is 707. The number of benzene rings is 2. The number of rotatable bonds is 7. The first kappa shape index (κ1) is 20.4. The van der Waals surface area contributed by atoms with Gasteiger partial charge in [0.25, 0.3) is 0 Å². The Morgan fingerprint density at radius 2 is 1.92 bits per heavy atom. The van der Waals surface area contributed by atoms with Crippen LogP contribution in [0.3, 0.4) is 0 Å². The monoisotopic (exact) mass is 467 g/mol. The van der Waals surface area contributed by atoms with Crippen molar-refractivity contribution in [3.8, 4) is 11.5 Å². The van der Waals surface area contributed by atoms with Crippen molar-refractivity contribution in [2.75, 3.05) is 33.4 Å². The molecular weight excluding hydrogens is 441 g/mol. The molecule has 0 aliphatic carbocycles. The molecule has 0 fully saturated rings. The molecule has 26 heavy (non-hydrogen) atoms. The first-order chi connectivity index (χ1) is 12.3. The summed E-state index contributed by atoms with van der Waals surface area (Å²) in [5, 5.41) is 6.60. The summed E-state index contributed by atoms with van der Waals surface area (Å²) in [5.74, 6) is 2.71. The fourth-order valence-corrected chi connectivity index (χ4v) is 2.80. The smallest absolute Gasteiger partial charge is 0.191 e. The van der Waals surface area contributed by atoms with E-state index in [0.717, 1.165) is 43.5 Å². The predicted molar refractivity (Wildman–Crippen MR) is 116 cm³/mol. The van der Waals surface area contributed by atoms with Gasteiger partial charge in [0.1, 0.15) is 18.1 Å². The van der Waals surface area contributed by atoms with Crippen LogP contribution in [0.25, 0.3) is 0 Å². The molecular formula is C20H26IN3O2. The molecule has 1 heterocycles. The first-order valence-electron chi connectivity index (χ1n) is 8.72. The van der Waals surface area contributed by atoms with Crippen molar-refractivity contribution in [2.24, 2.45) is 4.99 Å². The van der Waals surface area contributed by atoms with E-state index in [1.165, 1.54) is 11.1 Å². The SMILES string of the molecule is CN=C(NCCOc1ccccc1)NCCc1ccc2c(c1)CCO2.I. The summed E-state index contributed by atoms with van der Waals surface area (Å²) in [5.41, 5.74) is 2.64. The maximum absolute atomic E-state index is 5.66. The molecule has 6 heteroatoms. The molecule has 140 valence electrons. The topological polar surface area (TPSA) is 54.9 Å². The van der Waals surface area contributed by atoms with E-state index in [2.05, 4.69) is 33.8 Å². The van der Waals surface area contributed by atoms with Crippen molar-refractivity contribution in [2.45, 2.75) is 12.8 Å². The van der Waals surface area contributed by atoms with Gasteiger partial charge in [0, 0.05) is 20.0 Å². The number of aliphatic imine (C=N–C) groups is 1. The van der Waals surface area contributed by atoms with Crippen LogP contribution in [0.1, 0.15) is 11.1 Å². The fraction of sp³-hybridized carbons (Fsp3) is 0.350. The predicted octanol–water partition coefficient (Wildman–Crippen LogP) is 3.03. The molecule has 0 bridgehead atoms. The molecule has 1 aliphatic rings. The molecule has 1 aliphatic heterocycles. The molecule has 0 aromatic heterocycles. The Hall–Kier alpha value is -1.96. The van der Waals surface area contributed by atoms with E-state index >= 15 is 0 Å². The van der Waals surface area contributed by atoms with Crippen molar-refractivity contribution >= 4 is 29.9 Å². The molecule has 0 spiro atoms. The minimum atomic E-state index is 0. The average molecular weight is 467 g/mol. The van der Waals surface area contributed by atoms with Crippen molar-refractivity contribution in [3.05, 3.63) is 59.7 Å². The van der Waals surface area contributed by atoms with E-state index in [1.54, 1.807) is 7.05 Å². The zero-order valence-corrected chi connectivity index (χ0v) is 17.4. The van der Waals surface area contributed by atoms with Crippen LogP contribution in [0, 0.1) is 0 Å². The lowest BCUT2D eigenvalue weighted by Gasteiger charge is -2.13. The largest absolute Gasteiger partial charge is 0.493 e. The van der Waals surface area contributed by atoms with Gasteiger partial charge in [-0.1, -0.05) is 30.3 Å². The third kappa shape index (κ3) is 6.09. The number of halogens is 1. The number of fused-ring (bicyclic) bond motifs is 1. The molecule has 0 radical (unpaired) electrons. The van der Waals surface area contributed by atoms with Gasteiger partial charge in [-0.2, -0.15) is 0 Å². The summed E-state index contributed by atoms with van der Waals surface area (Å²) in [6, 6.07) is 16.3. The zero-order chi connectivity index (χ0) is 17.3. The van der Waals surface area contributed by atoms with Gasteiger partial charge in [-0.3, -0.25) is 4.99 Å². The summed E-state index contributed by atoms with van der Waals surface area (Å²) in [6.45, 7) is 2.93. The van der Waals surface area contributed by atoms with Crippen molar-refractivity contribution in [1.29, 1.82) is 0 Å². The second-order valence-electron chi connectivity index (χ2n) is 5.88. The maximum Gasteiger partial charge on any atom is 0.191 e. The summed E-state index contributed by atoms with van der Waals surface area (Å²) in [7, 11) is 1.78. The van der Waals surface area contributed by atoms with Crippen molar-refractivity contribution in [3.63, 3.8) is 0 Å². The molecule has 0 atom stereocenters. The highest BCUT2D eigenvalue weighted by molar-refractivity contribution is 14.0. The number of nitrogens with zero attached hydrogens (tertiary/aromatic N) is 1. The number of hydrogen-bond acceptors (Lipinski definition) is 3. The summed E-state index contributed by atoms with van der Waals surface area (Å²) in [4.78, 5) is 4.24. The van der Waals surface area contributed by atoms with E-state index in [-0.39, 0.29) is 24.0 Å². The highest BCUT2D eigenvalue weighted by atomic mass is 127. The van der Waals surface area contributed by atoms with Crippen LogP contribution in [0.4, 0.5) is 0 Å². The summed E-state index contributed by atoms with van der Waals surface area (Å²) < 4.78 is 11.2. The van der Waals surface area contributed by atoms with Gasteiger partial charge in [-0.25, -0.2) is 0 Å². The van der Waals surface area contributed by atoms with E-state index in [4.69, 9.17) is 9.47 Å². The van der Waals surface area contributed by atoms with Crippen molar-refractivity contribution < 1.29 is 9.47 Å². The Labute approximate surface area is 172 Å². The lowest BCUT2D eigenvalue weighted by molar-refractivity contribution is 0.322. The molecule has 3 rings (SSSR count). The maximum atomic E-state index is 5.66. The lowest BCUT2D eigenvalue weighted by atomic mass is 10.1.